The van der Waals surface area contributed by atoms with Crippen LogP contribution in [0.25, 0.3) is 0 Å². The van der Waals surface area contributed by atoms with Gasteiger partial charge in [0.15, 0.2) is 11.6 Å². The van der Waals surface area contributed by atoms with Crippen LogP contribution in [-0.4, -0.2) is 35.7 Å². The van der Waals surface area contributed by atoms with Crippen molar-refractivity contribution in [2.75, 3.05) is 13.2 Å². The predicted molar refractivity (Wildman–Crippen MR) is 133 cm³/mol. The fraction of sp³-hybridized carbons (Fsp3) is 0.259. The van der Waals surface area contributed by atoms with Crippen LogP contribution >= 0.6 is 15.9 Å². The van der Waals surface area contributed by atoms with E-state index >= 15 is 0 Å². The van der Waals surface area contributed by atoms with E-state index in [0.29, 0.717) is 37.6 Å². The summed E-state index contributed by atoms with van der Waals surface area (Å²) >= 11 is 3.63. The number of benzene rings is 3. The van der Waals surface area contributed by atoms with Crippen molar-refractivity contribution < 1.29 is 19.4 Å². The number of carbonyl (C=O) groups excluding carboxylic acids is 1. The van der Waals surface area contributed by atoms with Gasteiger partial charge in [0.25, 0.3) is 5.91 Å². The second kappa shape index (κ2) is 9.60. The van der Waals surface area contributed by atoms with Gasteiger partial charge in [0, 0.05) is 41.6 Å². The zero-order chi connectivity index (χ0) is 23.5. The topological polar surface area (TPSA) is 80.2 Å². The summed E-state index contributed by atoms with van der Waals surface area (Å²) in [5.41, 5.74) is 2.62. The average Bonchev–Trinajstić information content (AvgIpc) is 3.20. The van der Waals surface area contributed by atoms with Crippen LogP contribution in [0, 0.1) is 0 Å². The van der Waals surface area contributed by atoms with Crippen LogP contribution in [0.1, 0.15) is 34.8 Å². The molecule has 34 heavy (non-hydrogen) atoms. The standard InChI is InChI=1S/C27H25BrN2O4/c28-23-9-4-2-6-19(23)16-27-24(22-8-3-1-7-20(22)17-29-26(27)32)34-25(30-27)18-10-12-21(13-11-18)33-15-5-14-31/h1-4,6-13,24,31H,5,14-17H2,(H,29,32)/t24-,27-/m0/s1. The number of aliphatic hydroxyl groups is 1. The van der Waals surface area contributed by atoms with Gasteiger partial charge in [-0.2, -0.15) is 0 Å². The Morgan fingerprint density at radius 1 is 1.09 bits per heavy atom. The molecular formula is C27H25BrN2O4. The van der Waals surface area contributed by atoms with E-state index in [1.54, 1.807) is 0 Å². The number of rotatable bonds is 7. The SMILES string of the molecule is O=C1NCc2ccccc2[C@@H]2OC(c3ccc(OCCCO)cc3)=N[C@]12Cc1ccccc1Br. The maximum absolute atomic E-state index is 13.6. The highest BCUT2D eigenvalue weighted by molar-refractivity contribution is 9.10. The lowest BCUT2D eigenvalue weighted by Gasteiger charge is -2.29. The maximum Gasteiger partial charge on any atom is 0.252 e. The van der Waals surface area contributed by atoms with E-state index in [0.717, 1.165) is 26.7 Å². The number of aliphatic imine (C=N–C) groups is 1. The minimum absolute atomic E-state index is 0.0905. The van der Waals surface area contributed by atoms with Gasteiger partial charge in [0.1, 0.15) is 5.75 Å². The van der Waals surface area contributed by atoms with E-state index in [1.165, 1.54) is 0 Å². The van der Waals surface area contributed by atoms with Gasteiger partial charge >= 0.3 is 0 Å². The highest BCUT2D eigenvalue weighted by atomic mass is 79.9. The molecular weight excluding hydrogens is 496 g/mol. The molecule has 174 valence electrons. The Bertz CT molecular complexity index is 1230. The summed E-state index contributed by atoms with van der Waals surface area (Å²) in [7, 11) is 0. The Kier molecular flexibility index (Phi) is 6.39. The fourth-order valence-electron chi connectivity index (χ4n) is 4.47. The molecule has 0 saturated heterocycles. The second-order valence-electron chi connectivity index (χ2n) is 8.44. The second-order valence-corrected chi connectivity index (χ2v) is 9.29. The van der Waals surface area contributed by atoms with Gasteiger partial charge in [-0.3, -0.25) is 4.79 Å². The van der Waals surface area contributed by atoms with Crippen LogP contribution in [0.4, 0.5) is 0 Å². The van der Waals surface area contributed by atoms with E-state index in [-0.39, 0.29) is 12.5 Å². The molecule has 7 heteroatoms. The number of amides is 1. The molecule has 2 N–H and O–H groups in total. The Morgan fingerprint density at radius 2 is 1.85 bits per heavy atom. The molecule has 2 aliphatic rings. The Morgan fingerprint density at radius 3 is 2.65 bits per heavy atom. The smallest absolute Gasteiger partial charge is 0.252 e. The third-order valence-electron chi connectivity index (χ3n) is 6.22. The average molecular weight is 521 g/mol. The van der Waals surface area contributed by atoms with Crippen molar-refractivity contribution in [2.24, 2.45) is 4.99 Å². The molecule has 3 aromatic carbocycles. The molecule has 0 bridgehead atoms. The molecule has 0 spiro atoms. The highest BCUT2D eigenvalue weighted by Gasteiger charge is 2.55. The molecule has 0 aliphatic carbocycles. The molecule has 2 aliphatic heterocycles. The Hall–Kier alpha value is -3.16. The largest absolute Gasteiger partial charge is 0.494 e. The summed E-state index contributed by atoms with van der Waals surface area (Å²) in [6, 6.07) is 23.3. The van der Waals surface area contributed by atoms with Gasteiger partial charge in [-0.05, 0) is 41.5 Å². The van der Waals surface area contributed by atoms with Gasteiger partial charge in [-0.15, -0.1) is 0 Å². The first kappa shape index (κ1) is 22.6. The van der Waals surface area contributed by atoms with Crippen molar-refractivity contribution in [3.8, 4) is 5.75 Å². The molecule has 2 atom stereocenters. The summed E-state index contributed by atoms with van der Waals surface area (Å²) < 4.78 is 13.1. The number of aliphatic hydroxyl groups excluding tert-OH is 1. The maximum atomic E-state index is 13.6. The summed E-state index contributed by atoms with van der Waals surface area (Å²) in [6.45, 7) is 0.978. The summed E-state index contributed by atoms with van der Waals surface area (Å²) in [5.74, 6) is 0.991. The first-order valence-electron chi connectivity index (χ1n) is 11.3. The van der Waals surface area contributed by atoms with E-state index in [1.807, 2.05) is 72.8 Å². The number of nitrogens with zero attached hydrogens (tertiary/aromatic N) is 1. The van der Waals surface area contributed by atoms with Crippen LogP contribution in [0.15, 0.2) is 82.3 Å². The van der Waals surface area contributed by atoms with E-state index in [4.69, 9.17) is 19.6 Å². The summed E-state index contributed by atoms with van der Waals surface area (Å²) in [6.07, 6.45) is 0.421. The first-order chi connectivity index (χ1) is 16.6. The van der Waals surface area contributed by atoms with E-state index < -0.39 is 11.6 Å². The van der Waals surface area contributed by atoms with Crippen molar-refractivity contribution in [2.45, 2.75) is 31.0 Å². The molecule has 3 aromatic rings. The van der Waals surface area contributed by atoms with Gasteiger partial charge in [-0.1, -0.05) is 58.4 Å². The number of fused-ring (bicyclic) bond motifs is 3. The molecule has 0 unspecified atom stereocenters. The number of ether oxygens (including phenoxy) is 2. The number of halogens is 1. The lowest BCUT2D eigenvalue weighted by Crippen LogP contribution is -2.48. The molecule has 0 saturated carbocycles. The van der Waals surface area contributed by atoms with Gasteiger partial charge in [0.2, 0.25) is 5.90 Å². The van der Waals surface area contributed by atoms with Crippen LogP contribution in [0.2, 0.25) is 0 Å². The highest BCUT2D eigenvalue weighted by Crippen LogP contribution is 2.45. The van der Waals surface area contributed by atoms with Crippen LogP contribution in [0.5, 0.6) is 5.75 Å². The predicted octanol–water partition coefficient (Wildman–Crippen LogP) is 4.34. The van der Waals surface area contributed by atoms with Gasteiger partial charge in [0.05, 0.1) is 6.61 Å². The van der Waals surface area contributed by atoms with E-state index in [2.05, 4.69) is 21.2 Å². The number of hydrogen-bond donors (Lipinski definition) is 2. The fourth-order valence-corrected chi connectivity index (χ4v) is 4.90. The molecule has 0 radical (unpaired) electrons. The lowest BCUT2D eigenvalue weighted by molar-refractivity contribution is -0.128. The molecule has 2 heterocycles. The zero-order valence-electron chi connectivity index (χ0n) is 18.5. The summed E-state index contributed by atoms with van der Waals surface area (Å²) in [5, 5.41) is 12.0. The quantitative estimate of drug-likeness (QED) is 0.454. The lowest BCUT2D eigenvalue weighted by atomic mass is 9.82. The minimum atomic E-state index is -1.14. The molecule has 1 amide bonds. The minimum Gasteiger partial charge on any atom is -0.494 e. The van der Waals surface area contributed by atoms with Crippen molar-refractivity contribution in [3.05, 3.63) is 99.5 Å². The number of nitrogens with one attached hydrogen (secondary N) is 1. The normalized spacial score (nSPS) is 20.9. The van der Waals surface area contributed by atoms with Crippen molar-refractivity contribution >= 4 is 27.7 Å². The first-order valence-corrected chi connectivity index (χ1v) is 12.1. The van der Waals surface area contributed by atoms with Gasteiger partial charge in [-0.25, -0.2) is 4.99 Å². The Labute approximate surface area is 206 Å². The van der Waals surface area contributed by atoms with Crippen LogP contribution in [0.3, 0.4) is 0 Å². The van der Waals surface area contributed by atoms with Crippen LogP contribution in [-0.2, 0) is 22.5 Å². The van der Waals surface area contributed by atoms with Gasteiger partial charge < -0.3 is 19.9 Å². The zero-order valence-corrected chi connectivity index (χ0v) is 20.1. The monoisotopic (exact) mass is 520 g/mol. The van der Waals surface area contributed by atoms with Crippen molar-refractivity contribution in [1.82, 2.24) is 5.32 Å². The van der Waals surface area contributed by atoms with E-state index in [9.17, 15) is 4.79 Å². The third kappa shape index (κ3) is 4.21. The number of carbonyl (C=O) groups is 1. The molecule has 0 fully saturated rings. The summed E-state index contributed by atoms with van der Waals surface area (Å²) in [4.78, 5) is 18.6. The Balaban J connectivity index is 1.55. The van der Waals surface area contributed by atoms with Crippen LogP contribution < -0.4 is 10.1 Å². The molecule has 0 aromatic heterocycles. The van der Waals surface area contributed by atoms with Crippen molar-refractivity contribution in [1.29, 1.82) is 0 Å². The molecule has 5 rings (SSSR count). The van der Waals surface area contributed by atoms with Crippen molar-refractivity contribution in [3.63, 3.8) is 0 Å². The third-order valence-corrected chi connectivity index (χ3v) is 7.00. The number of hydrogen-bond acceptors (Lipinski definition) is 5. The molecule has 6 nitrogen and oxygen atoms in total.